The van der Waals surface area contributed by atoms with Crippen molar-refractivity contribution in [1.29, 1.82) is 0 Å². The summed E-state index contributed by atoms with van der Waals surface area (Å²) in [5, 5.41) is 0.741. The zero-order chi connectivity index (χ0) is 14.7. The van der Waals surface area contributed by atoms with E-state index in [-0.39, 0.29) is 11.5 Å². The monoisotopic (exact) mass is 289 g/mol. The Morgan fingerprint density at radius 1 is 1.30 bits per heavy atom. The molecule has 0 saturated heterocycles. The lowest BCUT2D eigenvalue weighted by Gasteiger charge is -2.01. The van der Waals surface area contributed by atoms with Crippen molar-refractivity contribution in [3.63, 3.8) is 0 Å². The number of thiazole rings is 1. The third-order valence-electron chi connectivity index (χ3n) is 2.97. The molecule has 0 aliphatic carbocycles. The molecule has 0 spiro atoms. The molecule has 0 atom stereocenters. The van der Waals surface area contributed by atoms with E-state index in [9.17, 15) is 9.59 Å². The molecule has 1 aromatic carbocycles. The van der Waals surface area contributed by atoms with Gasteiger partial charge >= 0.3 is 5.97 Å². The van der Waals surface area contributed by atoms with Crippen LogP contribution < -0.4 is 0 Å². The smallest absolute Gasteiger partial charge is 0.358 e. The second-order valence-electron chi connectivity index (χ2n) is 4.44. The molecule has 0 aliphatic heterocycles. The Morgan fingerprint density at radius 3 is 2.60 bits per heavy atom. The van der Waals surface area contributed by atoms with Gasteiger partial charge in [-0.2, -0.15) is 0 Å². The molecule has 1 heterocycles. The maximum Gasteiger partial charge on any atom is 0.358 e. The van der Waals surface area contributed by atoms with Gasteiger partial charge in [0.2, 0.25) is 0 Å². The number of hydrogen-bond donors (Lipinski definition) is 0. The lowest BCUT2D eigenvalue weighted by atomic mass is 10.1. The second-order valence-corrected chi connectivity index (χ2v) is 5.52. The van der Waals surface area contributed by atoms with E-state index in [1.807, 2.05) is 31.2 Å². The fourth-order valence-electron chi connectivity index (χ4n) is 1.89. The van der Waals surface area contributed by atoms with Gasteiger partial charge in [-0.3, -0.25) is 4.79 Å². The Kier molecular flexibility index (Phi) is 4.29. The van der Waals surface area contributed by atoms with Crippen molar-refractivity contribution >= 4 is 23.1 Å². The van der Waals surface area contributed by atoms with Gasteiger partial charge in [-0.25, -0.2) is 9.78 Å². The van der Waals surface area contributed by atoms with E-state index in [4.69, 9.17) is 0 Å². The Bertz CT molecular complexity index is 661. The van der Waals surface area contributed by atoms with Crippen molar-refractivity contribution < 1.29 is 14.3 Å². The zero-order valence-electron chi connectivity index (χ0n) is 11.6. The Balaban J connectivity index is 2.37. The maximum absolute atomic E-state index is 11.6. The number of methoxy groups -OCH3 is 1. The van der Waals surface area contributed by atoms with Gasteiger partial charge in [0.15, 0.2) is 11.5 Å². The number of Topliss-reactive ketones (excluding diaryl/α,β-unsaturated/α-hetero) is 1. The normalized spacial score (nSPS) is 10.3. The third-order valence-corrected chi connectivity index (χ3v) is 4.13. The van der Waals surface area contributed by atoms with Crippen molar-refractivity contribution in [2.75, 3.05) is 7.11 Å². The SMILES string of the molecule is COC(=O)c1nc(Cc2ccccc2C)sc1C(C)=O. The molecule has 1 aromatic heterocycles. The fourth-order valence-corrected chi connectivity index (χ4v) is 2.85. The predicted molar refractivity (Wildman–Crippen MR) is 77.4 cm³/mol. The van der Waals surface area contributed by atoms with Gasteiger partial charge in [0.05, 0.1) is 12.1 Å². The van der Waals surface area contributed by atoms with Crippen molar-refractivity contribution in [1.82, 2.24) is 4.98 Å². The van der Waals surface area contributed by atoms with Crippen LogP contribution in [0.4, 0.5) is 0 Å². The Hall–Kier alpha value is -2.01. The van der Waals surface area contributed by atoms with Gasteiger partial charge in [-0.15, -0.1) is 11.3 Å². The highest BCUT2D eigenvalue weighted by Crippen LogP contribution is 2.23. The molecule has 0 unspecified atom stereocenters. The van der Waals surface area contributed by atoms with Gasteiger partial charge in [0, 0.05) is 13.3 Å². The van der Waals surface area contributed by atoms with Crippen molar-refractivity contribution in [2.45, 2.75) is 20.3 Å². The zero-order valence-corrected chi connectivity index (χ0v) is 12.4. The molecule has 0 bridgehead atoms. The van der Waals surface area contributed by atoms with Gasteiger partial charge in [-0.1, -0.05) is 24.3 Å². The highest BCUT2D eigenvalue weighted by Gasteiger charge is 2.21. The molecule has 5 heteroatoms. The molecule has 104 valence electrons. The van der Waals surface area contributed by atoms with Crippen LogP contribution in [0.3, 0.4) is 0 Å². The summed E-state index contributed by atoms with van der Waals surface area (Å²) in [7, 11) is 1.28. The number of esters is 1. The minimum atomic E-state index is -0.567. The van der Waals surface area contributed by atoms with Crippen molar-refractivity contribution in [3.05, 3.63) is 51.0 Å². The molecule has 2 aromatic rings. The molecule has 0 N–H and O–H groups in total. The van der Waals surface area contributed by atoms with Crippen LogP contribution in [0.2, 0.25) is 0 Å². The number of benzene rings is 1. The number of carbonyl (C=O) groups excluding carboxylic acids is 2. The number of ether oxygens (including phenoxy) is 1. The summed E-state index contributed by atoms with van der Waals surface area (Å²) in [4.78, 5) is 27.8. The van der Waals surface area contributed by atoms with Crippen LogP contribution in [0.25, 0.3) is 0 Å². The number of aromatic nitrogens is 1. The summed E-state index contributed by atoms with van der Waals surface area (Å²) in [6, 6.07) is 7.97. The molecule has 0 aliphatic rings. The molecular weight excluding hydrogens is 274 g/mol. The Labute approximate surface area is 121 Å². The summed E-state index contributed by atoms with van der Waals surface area (Å²) in [5.41, 5.74) is 2.41. The van der Waals surface area contributed by atoms with E-state index < -0.39 is 5.97 Å². The first kappa shape index (κ1) is 14.4. The van der Waals surface area contributed by atoms with Crippen LogP contribution in [0.5, 0.6) is 0 Å². The number of aryl methyl sites for hydroxylation is 1. The first-order chi connectivity index (χ1) is 9.52. The average Bonchev–Trinajstić information content (AvgIpc) is 2.85. The van der Waals surface area contributed by atoms with Crippen molar-refractivity contribution in [2.24, 2.45) is 0 Å². The van der Waals surface area contributed by atoms with Gasteiger partial charge < -0.3 is 4.74 Å². The summed E-state index contributed by atoms with van der Waals surface area (Å²) in [5.74, 6) is -0.735. The number of hydrogen-bond acceptors (Lipinski definition) is 5. The van der Waals surface area contributed by atoms with Gasteiger partial charge in [-0.05, 0) is 18.1 Å². The fraction of sp³-hybridized carbons (Fsp3) is 0.267. The second kappa shape index (κ2) is 5.96. The van der Waals surface area contributed by atoms with E-state index >= 15 is 0 Å². The van der Waals surface area contributed by atoms with E-state index in [0.29, 0.717) is 11.3 Å². The van der Waals surface area contributed by atoms with E-state index in [1.165, 1.54) is 25.4 Å². The third kappa shape index (κ3) is 2.93. The number of nitrogens with zero attached hydrogens (tertiary/aromatic N) is 1. The van der Waals surface area contributed by atoms with Crippen molar-refractivity contribution in [3.8, 4) is 0 Å². The number of rotatable bonds is 4. The summed E-state index contributed by atoms with van der Waals surface area (Å²) in [6.45, 7) is 3.45. The summed E-state index contributed by atoms with van der Waals surface area (Å²) < 4.78 is 4.67. The van der Waals surface area contributed by atoms with E-state index in [1.54, 1.807) is 0 Å². The quantitative estimate of drug-likeness (QED) is 0.641. The lowest BCUT2D eigenvalue weighted by Crippen LogP contribution is -2.07. The molecule has 0 fully saturated rings. The topological polar surface area (TPSA) is 56.3 Å². The van der Waals surface area contributed by atoms with Crippen LogP contribution in [0, 0.1) is 6.92 Å². The molecule has 4 nitrogen and oxygen atoms in total. The molecule has 20 heavy (non-hydrogen) atoms. The molecule has 0 saturated carbocycles. The van der Waals surface area contributed by atoms with E-state index in [0.717, 1.165) is 16.1 Å². The van der Waals surface area contributed by atoms with Crippen LogP contribution in [0.15, 0.2) is 24.3 Å². The predicted octanol–water partition coefficient (Wildman–Crippen LogP) is 3.03. The molecular formula is C15H15NO3S. The van der Waals surface area contributed by atoms with Crippen LogP contribution in [-0.4, -0.2) is 23.8 Å². The van der Waals surface area contributed by atoms with Crippen LogP contribution >= 0.6 is 11.3 Å². The highest BCUT2D eigenvalue weighted by molar-refractivity contribution is 7.14. The van der Waals surface area contributed by atoms with Crippen LogP contribution in [-0.2, 0) is 11.2 Å². The van der Waals surface area contributed by atoms with Crippen LogP contribution in [0.1, 0.15) is 43.2 Å². The Morgan fingerprint density at radius 2 is 2.00 bits per heavy atom. The number of ketones is 1. The minimum absolute atomic E-state index is 0.119. The summed E-state index contributed by atoms with van der Waals surface area (Å²) >= 11 is 1.25. The highest BCUT2D eigenvalue weighted by atomic mass is 32.1. The summed E-state index contributed by atoms with van der Waals surface area (Å²) in [6.07, 6.45) is 0.606. The largest absolute Gasteiger partial charge is 0.464 e. The molecule has 2 rings (SSSR count). The first-order valence-corrected chi connectivity index (χ1v) is 6.98. The first-order valence-electron chi connectivity index (χ1n) is 6.16. The standard InChI is InChI=1S/C15H15NO3S/c1-9-6-4-5-7-11(9)8-12-16-13(15(18)19-3)14(20-12)10(2)17/h4-7H,8H2,1-3H3. The van der Waals surface area contributed by atoms with Gasteiger partial charge in [0.25, 0.3) is 0 Å². The maximum atomic E-state index is 11.6. The lowest BCUT2D eigenvalue weighted by molar-refractivity contribution is 0.0591. The average molecular weight is 289 g/mol. The van der Waals surface area contributed by atoms with E-state index in [2.05, 4.69) is 9.72 Å². The minimum Gasteiger partial charge on any atom is -0.464 e. The molecule has 0 amide bonds. The van der Waals surface area contributed by atoms with Gasteiger partial charge in [0.1, 0.15) is 4.88 Å². The molecule has 0 radical (unpaired) electrons. The number of carbonyl (C=O) groups is 2.